The van der Waals surface area contributed by atoms with Crippen LogP contribution in [0.3, 0.4) is 0 Å². The smallest absolute Gasteiger partial charge is 0.222 e. The van der Waals surface area contributed by atoms with Gasteiger partial charge in [0.25, 0.3) is 0 Å². The summed E-state index contributed by atoms with van der Waals surface area (Å²) in [5.74, 6) is 0.171. The molecule has 1 N–H and O–H groups in total. The standard InChI is InChI=1S/C14H20N4O/c1-14(10-15)6-3-7-18(11-14)13(19)5-2-4-12-8-16-17-9-12/h8-9H,2-7,11H2,1H3,(H,16,17)/t14-/m1/s1. The van der Waals surface area contributed by atoms with Crippen molar-refractivity contribution in [2.24, 2.45) is 5.41 Å². The molecule has 1 aromatic rings. The van der Waals surface area contributed by atoms with Gasteiger partial charge in [-0.25, -0.2) is 0 Å². The molecule has 1 saturated heterocycles. The summed E-state index contributed by atoms with van der Waals surface area (Å²) in [6.07, 6.45) is 7.71. The lowest BCUT2D eigenvalue weighted by Gasteiger charge is -2.36. The molecule has 0 bridgehead atoms. The number of aryl methyl sites for hydroxylation is 1. The van der Waals surface area contributed by atoms with E-state index in [0.717, 1.165) is 37.8 Å². The Kier molecular flexibility index (Phi) is 4.20. The van der Waals surface area contributed by atoms with Crippen LogP contribution < -0.4 is 0 Å². The molecular weight excluding hydrogens is 240 g/mol. The quantitative estimate of drug-likeness (QED) is 0.898. The summed E-state index contributed by atoms with van der Waals surface area (Å²) >= 11 is 0. The van der Waals surface area contributed by atoms with Crippen molar-refractivity contribution in [1.29, 1.82) is 5.26 Å². The van der Waals surface area contributed by atoms with E-state index in [4.69, 9.17) is 5.26 Å². The molecule has 1 aliphatic rings. The minimum absolute atomic E-state index is 0.171. The number of aromatic amines is 1. The SMILES string of the molecule is C[C@]1(C#N)CCCN(C(=O)CCCc2cn[nH]c2)C1. The number of H-pyrrole nitrogens is 1. The predicted octanol–water partition coefficient (Wildman–Crippen LogP) is 1.88. The van der Waals surface area contributed by atoms with Gasteiger partial charge in [-0.3, -0.25) is 9.89 Å². The Bertz CT molecular complexity index is 462. The zero-order chi connectivity index (χ0) is 13.7. The second-order valence-corrected chi connectivity index (χ2v) is 5.55. The number of aromatic nitrogens is 2. The van der Waals surface area contributed by atoms with Crippen LogP contribution in [0.15, 0.2) is 12.4 Å². The van der Waals surface area contributed by atoms with E-state index in [1.807, 2.05) is 18.0 Å². The van der Waals surface area contributed by atoms with Crippen molar-refractivity contribution in [3.8, 4) is 6.07 Å². The number of likely N-dealkylation sites (tertiary alicyclic amines) is 1. The molecule has 1 atom stereocenters. The zero-order valence-electron chi connectivity index (χ0n) is 11.4. The van der Waals surface area contributed by atoms with E-state index in [1.165, 1.54) is 0 Å². The van der Waals surface area contributed by atoms with Crippen molar-refractivity contribution in [2.75, 3.05) is 13.1 Å². The first-order valence-corrected chi connectivity index (χ1v) is 6.80. The van der Waals surface area contributed by atoms with Crippen molar-refractivity contribution in [2.45, 2.75) is 39.0 Å². The number of nitrogens with one attached hydrogen (secondary N) is 1. The highest BCUT2D eigenvalue weighted by molar-refractivity contribution is 5.76. The molecule has 0 saturated carbocycles. The first-order chi connectivity index (χ1) is 9.13. The molecule has 2 rings (SSSR count). The molecule has 0 aromatic carbocycles. The van der Waals surface area contributed by atoms with Gasteiger partial charge in [0, 0.05) is 25.7 Å². The molecule has 2 heterocycles. The van der Waals surface area contributed by atoms with E-state index in [9.17, 15) is 4.79 Å². The fourth-order valence-electron chi connectivity index (χ4n) is 2.56. The Morgan fingerprint density at radius 2 is 2.53 bits per heavy atom. The van der Waals surface area contributed by atoms with Crippen LogP contribution in [0.5, 0.6) is 0 Å². The van der Waals surface area contributed by atoms with E-state index >= 15 is 0 Å². The number of carbonyl (C=O) groups is 1. The lowest BCUT2D eigenvalue weighted by atomic mass is 9.83. The lowest BCUT2D eigenvalue weighted by molar-refractivity contribution is -0.133. The maximum atomic E-state index is 12.1. The summed E-state index contributed by atoms with van der Waals surface area (Å²) in [6.45, 7) is 3.31. The lowest BCUT2D eigenvalue weighted by Crippen LogP contribution is -2.44. The van der Waals surface area contributed by atoms with Gasteiger partial charge in [0.15, 0.2) is 0 Å². The van der Waals surface area contributed by atoms with Gasteiger partial charge in [-0.2, -0.15) is 10.4 Å². The first-order valence-electron chi connectivity index (χ1n) is 6.80. The first kappa shape index (κ1) is 13.6. The van der Waals surface area contributed by atoms with Crippen LogP contribution in [0, 0.1) is 16.7 Å². The summed E-state index contributed by atoms with van der Waals surface area (Å²) < 4.78 is 0. The Morgan fingerprint density at radius 1 is 1.68 bits per heavy atom. The van der Waals surface area contributed by atoms with Gasteiger partial charge >= 0.3 is 0 Å². The number of piperidine rings is 1. The summed E-state index contributed by atoms with van der Waals surface area (Å²) in [5, 5.41) is 15.8. The number of nitriles is 1. The second kappa shape index (κ2) is 5.87. The van der Waals surface area contributed by atoms with Crippen LogP contribution in [0.25, 0.3) is 0 Å². The molecular formula is C14H20N4O. The van der Waals surface area contributed by atoms with Crippen molar-refractivity contribution in [1.82, 2.24) is 15.1 Å². The third-order valence-corrected chi connectivity index (χ3v) is 3.73. The van der Waals surface area contributed by atoms with Crippen LogP contribution in [-0.2, 0) is 11.2 Å². The predicted molar refractivity (Wildman–Crippen MR) is 71.1 cm³/mol. The number of amides is 1. The minimum Gasteiger partial charge on any atom is -0.341 e. The van der Waals surface area contributed by atoms with Crippen molar-refractivity contribution in [3.05, 3.63) is 18.0 Å². The fourth-order valence-corrected chi connectivity index (χ4v) is 2.56. The van der Waals surface area contributed by atoms with Crippen LogP contribution in [0.1, 0.15) is 38.2 Å². The number of nitrogens with zero attached hydrogens (tertiary/aromatic N) is 3. The van der Waals surface area contributed by atoms with E-state index in [2.05, 4.69) is 16.3 Å². The van der Waals surface area contributed by atoms with Gasteiger partial charge in [0.05, 0.1) is 17.7 Å². The van der Waals surface area contributed by atoms with Gasteiger partial charge < -0.3 is 4.90 Å². The van der Waals surface area contributed by atoms with E-state index in [0.29, 0.717) is 13.0 Å². The summed E-state index contributed by atoms with van der Waals surface area (Å²) in [6, 6.07) is 2.34. The Labute approximate surface area is 113 Å². The molecule has 1 amide bonds. The van der Waals surface area contributed by atoms with Gasteiger partial charge in [-0.1, -0.05) is 0 Å². The molecule has 5 nitrogen and oxygen atoms in total. The highest BCUT2D eigenvalue weighted by Gasteiger charge is 2.32. The zero-order valence-corrected chi connectivity index (χ0v) is 11.4. The number of hydrogen-bond donors (Lipinski definition) is 1. The molecule has 0 spiro atoms. The van der Waals surface area contributed by atoms with E-state index in [-0.39, 0.29) is 11.3 Å². The summed E-state index contributed by atoms with van der Waals surface area (Å²) in [5.41, 5.74) is 0.770. The van der Waals surface area contributed by atoms with Crippen LogP contribution >= 0.6 is 0 Å². The minimum atomic E-state index is -0.363. The maximum Gasteiger partial charge on any atom is 0.222 e. The third-order valence-electron chi connectivity index (χ3n) is 3.73. The Balaban J connectivity index is 1.78. The average Bonchev–Trinajstić information content (AvgIpc) is 2.92. The monoisotopic (exact) mass is 260 g/mol. The largest absolute Gasteiger partial charge is 0.341 e. The summed E-state index contributed by atoms with van der Waals surface area (Å²) in [7, 11) is 0. The molecule has 5 heteroatoms. The van der Waals surface area contributed by atoms with Crippen molar-refractivity contribution >= 4 is 5.91 Å². The van der Waals surface area contributed by atoms with Crippen molar-refractivity contribution < 1.29 is 4.79 Å². The van der Waals surface area contributed by atoms with Crippen LogP contribution in [-0.4, -0.2) is 34.1 Å². The molecule has 0 unspecified atom stereocenters. The second-order valence-electron chi connectivity index (χ2n) is 5.55. The van der Waals surface area contributed by atoms with Gasteiger partial charge in [0.1, 0.15) is 0 Å². The Hall–Kier alpha value is -1.83. The maximum absolute atomic E-state index is 12.1. The molecule has 1 fully saturated rings. The van der Waals surface area contributed by atoms with Gasteiger partial charge in [-0.05, 0) is 38.2 Å². The molecule has 0 radical (unpaired) electrons. The average molecular weight is 260 g/mol. The molecule has 102 valence electrons. The molecule has 1 aromatic heterocycles. The molecule has 19 heavy (non-hydrogen) atoms. The fraction of sp³-hybridized carbons (Fsp3) is 0.643. The number of carbonyl (C=O) groups excluding carboxylic acids is 1. The van der Waals surface area contributed by atoms with Gasteiger partial charge in [0.2, 0.25) is 5.91 Å². The van der Waals surface area contributed by atoms with Crippen LogP contribution in [0.4, 0.5) is 0 Å². The van der Waals surface area contributed by atoms with Crippen LogP contribution in [0.2, 0.25) is 0 Å². The normalized spacial score (nSPS) is 23.1. The van der Waals surface area contributed by atoms with E-state index in [1.54, 1.807) is 6.20 Å². The highest BCUT2D eigenvalue weighted by atomic mass is 16.2. The van der Waals surface area contributed by atoms with Gasteiger partial charge in [-0.15, -0.1) is 0 Å². The topological polar surface area (TPSA) is 72.8 Å². The molecule has 0 aliphatic carbocycles. The molecule has 1 aliphatic heterocycles. The Morgan fingerprint density at radius 3 is 3.21 bits per heavy atom. The van der Waals surface area contributed by atoms with E-state index < -0.39 is 0 Å². The third kappa shape index (κ3) is 3.57. The van der Waals surface area contributed by atoms with Crippen molar-refractivity contribution in [3.63, 3.8) is 0 Å². The summed E-state index contributed by atoms with van der Waals surface area (Å²) in [4.78, 5) is 14.0. The number of rotatable bonds is 4. The highest BCUT2D eigenvalue weighted by Crippen LogP contribution is 2.28. The number of hydrogen-bond acceptors (Lipinski definition) is 3.